The van der Waals surface area contributed by atoms with Gasteiger partial charge >= 0.3 is 0 Å². The highest BCUT2D eigenvalue weighted by Gasteiger charge is 2.08. The highest BCUT2D eigenvalue weighted by Crippen LogP contribution is 2.26. The molecule has 0 fully saturated rings. The summed E-state index contributed by atoms with van der Waals surface area (Å²) < 4.78 is 1.15. The maximum atomic E-state index is 5.61. The maximum Gasteiger partial charge on any atom is 0.0522 e. The highest BCUT2D eigenvalue weighted by molar-refractivity contribution is 9.10. The number of benzene rings is 1. The first kappa shape index (κ1) is 14.6. The van der Waals surface area contributed by atoms with E-state index in [0.29, 0.717) is 6.54 Å². The van der Waals surface area contributed by atoms with E-state index in [1.54, 1.807) is 11.3 Å². The molecule has 2 N–H and O–H groups in total. The number of hydrogen-bond donors (Lipinski definition) is 1. The van der Waals surface area contributed by atoms with Crippen molar-refractivity contribution in [1.29, 1.82) is 0 Å². The van der Waals surface area contributed by atoms with E-state index in [2.05, 4.69) is 63.5 Å². The molecule has 2 nitrogen and oxygen atoms in total. The van der Waals surface area contributed by atoms with E-state index < -0.39 is 0 Å². The van der Waals surface area contributed by atoms with Crippen LogP contribution in [0.3, 0.4) is 0 Å². The molecular weight excluding hydrogens is 320 g/mol. The molecule has 0 unspecified atom stereocenters. The number of halogens is 1. The molecular formula is C15H19BrN2S. The van der Waals surface area contributed by atoms with Gasteiger partial charge in [0.05, 0.1) is 6.54 Å². The molecule has 2 rings (SSSR count). The van der Waals surface area contributed by atoms with Gasteiger partial charge in [0.1, 0.15) is 0 Å². The van der Waals surface area contributed by atoms with Crippen molar-refractivity contribution in [3.05, 3.63) is 50.6 Å². The zero-order valence-corrected chi connectivity index (χ0v) is 13.5. The number of nitrogens with two attached hydrogens (primary N) is 1. The van der Waals surface area contributed by atoms with Gasteiger partial charge < -0.3 is 10.6 Å². The molecule has 0 saturated heterocycles. The Labute approximate surface area is 127 Å². The average molecular weight is 339 g/mol. The Morgan fingerprint density at radius 2 is 2.16 bits per heavy atom. The van der Waals surface area contributed by atoms with Crippen LogP contribution in [0.15, 0.2) is 40.2 Å². The number of nitrogens with zero attached hydrogens (tertiary/aromatic N) is 1. The molecule has 0 radical (unpaired) electrons. The summed E-state index contributed by atoms with van der Waals surface area (Å²) in [5.74, 6) is 0. The first-order valence-corrected chi connectivity index (χ1v) is 8.17. The molecule has 0 bridgehead atoms. The fourth-order valence-electron chi connectivity index (χ4n) is 2.07. The Bertz CT molecular complexity index is 511. The van der Waals surface area contributed by atoms with Gasteiger partial charge in [-0.05, 0) is 49.0 Å². The van der Waals surface area contributed by atoms with Crippen molar-refractivity contribution in [2.24, 2.45) is 5.73 Å². The second-order valence-electron chi connectivity index (χ2n) is 4.41. The molecule has 0 aliphatic carbocycles. The minimum absolute atomic E-state index is 0.685. The maximum absolute atomic E-state index is 5.61. The minimum Gasteiger partial charge on any atom is -0.367 e. The van der Waals surface area contributed by atoms with Gasteiger partial charge in [-0.2, -0.15) is 0 Å². The molecule has 1 aromatic heterocycles. The van der Waals surface area contributed by atoms with Gasteiger partial charge in [0.15, 0.2) is 0 Å². The van der Waals surface area contributed by atoms with E-state index in [4.69, 9.17) is 5.73 Å². The molecule has 0 saturated carbocycles. The van der Waals surface area contributed by atoms with Gasteiger partial charge in [0, 0.05) is 21.6 Å². The van der Waals surface area contributed by atoms with Crippen LogP contribution in [-0.4, -0.2) is 13.1 Å². The van der Waals surface area contributed by atoms with Crippen LogP contribution < -0.4 is 10.6 Å². The molecule has 2 aromatic rings. The number of thiophene rings is 1. The predicted molar refractivity (Wildman–Crippen MR) is 87.9 cm³/mol. The normalized spacial score (nSPS) is 10.7. The average Bonchev–Trinajstić information content (AvgIpc) is 2.91. The third-order valence-corrected chi connectivity index (χ3v) is 4.72. The van der Waals surface area contributed by atoms with Crippen molar-refractivity contribution in [3.63, 3.8) is 0 Å². The van der Waals surface area contributed by atoms with E-state index in [1.807, 2.05) is 0 Å². The van der Waals surface area contributed by atoms with Gasteiger partial charge in [0.2, 0.25) is 0 Å². The molecule has 1 aromatic carbocycles. The topological polar surface area (TPSA) is 29.3 Å². The SMILES string of the molecule is CCN(Cc1cccs1)c1ccc(CCN)c(Br)c1. The van der Waals surface area contributed by atoms with Gasteiger partial charge in [-0.15, -0.1) is 11.3 Å². The smallest absolute Gasteiger partial charge is 0.0522 e. The summed E-state index contributed by atoms with van der Waals surface area (Å²) in [4.78, 5) is 3.77. The van der Waals surface area contributed by atoms with Crippen LogP contribution in [0.4, 0.5) is 5.69 Å². The molecule has 0 aliphatic heterocycles. The zero-order chi connectivity index (χ0) is 13.7. The van der Waals surface area contributed by atoms with Crippen LogP contribution in [-0.2, 0) is 13.0 Å². The van der Waals surface area contributed by atoms with E-state index in [9.17, 15) is 0 Å². The summed E-state index contributed by atoms with van der Waals surface area (Å²) >= 11 is 5.45. The Kier molecular flexibility index (Phi) is 5.43. The van der Waals surface area contributed by atoms with Crippen molar-refractivity contribution in [2.45, 2.75) is 19.9 Å². The molecule has 1 heterocycles. The van der Waals surface area contributed by atoms with Gasteiger partial charge in [-0.3, -0.25) is 0 Å². The highest BCUT2D eigenvalue weighted by atomic mass is 79.9. The van der Waals surface area contributed by atoms with Crippen LogP contribution in [0, 0.1) is 0 Å². The Morgan fingerprint density at radius 3 is 2.74 bits per heavy atom. The third kappa shape index (κ3) is 3.81. The monoisotopic (exact) mass is 338 g/mol. The molecule has 0 atom stereocenters. The standard InChI is InChI=1S/C15H19BrN2S/c1-2-18(11-14-4-3-9-19-14)13-6-5-12(7-8-17)15(16)10-13/h3-6,9-10H,2,7-8,11,17H2,1H3. The fourth-order valence-corrected chi connectivity index (χ4v) is 3.35. The van der Waals surface area contributed by atoms with Gasteiger partial charge in [-0.25, -0.2) is 0 Å². The molecule has 0 amide bonds. The van der Waals surface area contributed by atoms with Crippen molar-refractivity contribution in [1.82, 2.24) is 0 Å². The van der Waals surface area contributed by atoms with E-state index >= 15 is 0 Å². The third-order valence-electron chi connectivity index (χ3n) is 3.12. The number of anilines is 1. The van der Waals surface area contributed by atoms with Crippen LogP contribution in [0.25, 0.3) is 0 Å². The van der Waals surface area contributed by atoms with Gasteiger partial charge in [0.25, 0.3) is 0 Å². The predicted octanol–water partition coefficient (Wildman–Crippen LogP) is 4.04. The quantitative estimate of drug-likeness (QED) is 0.861. The summed E-state index contributed by atoms with van der Waals surface area (Å²) in [6, 6.07) is 10.8. The first-order valence-electron chi connectivity index (χ1n) is 6.50. The Hall–Kier alpha value is -0.840. The molecule has 0 aliphatic rings. The second-order valence-corrected chi connectivity index (χ2v) is 6.29. The summed E-state index contributed by atoms with van der Waals surface area (Å²) in [5.41, 5.74) is 8.14. The summed E-state index contributed by atoms with van der Waals surface area (Å²) in [6.07, 6.45) is 0.915. The van der Waals surface area contributed by atoms with Crippen LogP contribution in [0.2, 0.25) is 0 Å². The lowest BCUT2D eigenvalue weighted by Gasteiger charge is -2.23. The summed E-state index contributed by atoms with van der Waals surface area (Å²) in [5, 5.41) is 2.13. The van der Waals surface area contributed by atoms with Crippen LogP contribution >= 0.6 is 27.3 Å². The van der Waals surface area contributed by atoms with E-state index in [-0.39, 0.29) is 0 Å². The lowest BCUT2D eigenvalue weighted by Crippen LogP contribution is -2.21. The molecule has 4 heteroatoms. The molecule has 0 spiro atoms. The summed E-state index contributed by atoms with van der Waals surface area (Å²) in [6.45, 7) is 4.84. The van der Waals surface area contributed by atoms with Crippen molar-refractivity contribution in [3.8, 4) is 0 Å². The van der Waals surface area contributed by atoms with E-state index in [1.165, 1.54) is 16.1 Å². The summed E-state index contributed by atoms with van der Waals surface area (Å²) in [7, 11) is 0. The molecule has 102 valence electrons. The largest absolute Gasteiger partial charge is 0.367 e. The number of rotatable bonds is 6. The zero-order valence-electron chi connectivity index (χ0n) is 11.1. The van der Waals surface area contributed by atoms with Gasteiger partial charge in [-0.1, -0.05) is 28.1 Å². The first-order chi connectivity index (χ1) is 9.24. The fraction of sp³-hybridized carbons (Fsp3) is 0.333. The number of hydrogen-bond acceptors (Lipinski definition) is 3. The minimum atomic E-state index is 0.685. The Morgan fingerprint density at radius 1 is 1.32 bits per heavy atom. The van der Waals surface area contributed by atoms with E-state index in [0.717, 1.165) is 24.0 Å². The van der Waals surface area contributed by atoms with Crippen molar-refractivity contribution >= 4 is 33.0 Å². The van der Waals surface area contributed by atoms with Crippen molar-refractivity contribution in [2.75, 3.05) is 18.0 Å². The molecule has 19 heavy (non-hydrogen) atoms. The lowest BCUT2D eigenvalue weighted by molar-refractivity contribution is 0.840. The Balaban J connectivity index is 2.16. The lowest BCUT2D eigenvalue weighted by atomic mass is 10.1. The van der Waals surface area contributed by atoms with Crippen molar-refractivity contribution < 1.29 is 0 Å². The van der Waals surface area contributed by atoms with Crippen LogP contribution in [0.5, 0.6) is 0 Å². The van der Waals surface area contributed by atoms with Crippen LogP contribution in [0.1, 0.15) is 17.4 Å². The second kappa shape index (κ2) is 7.08.